The highest BCUT2D eigenvalue weighted by molar-refractivity contribution is 5.96. The Morgan fingerprint density at radius 1 is 1.02 bits per heavy atom. The van der Waals surface area contributed by atoms with Crippen LogP contribution in [0.2, 0.25) is 0 Å². The van der Waals surface area contributed by atoms with E-state index < -0.39 is 41.7 Å². The molecule has 0 saturated carbocycles. The minimum atomic E-state index is -5.02. The third-order valence-electron chi connectivity index (χ3n) is 7.48. The Hall–Kier alpha value is -3.70. The van der Waals surface area contributed by atoms with Crippen molar-refractivity contribution in [2.45, 2.75) is 77.0 Å². The van der Waals surface area contributed by atoms with E-state index in [-0.39, 0.29) is 30.1 Å². The van der Waals surface area contributed by atoms with Crippen LogP contribution >= 0.6 is 0 Å². The minimum Gasteiger partial charge on any atom is -0.496 e. The Kier molecular flexibility index (Phi) is 8.84. The fourth-order valence-electron chi connectivity index (χ4n) is 5.41. The van der Waals surface area contributed by atoms with Gasteiger partial charge in [-0.05, 0) is 99.6 Å². The number of hydrogen-bond acceptors (Lipinski definition) is 4. The lowest BCUT2D eigenvalue weighted by atomic mass is 9.85. The molecule has 0 radical (unpaired) electrons. The highest BCUT2D eigenvalue weighted by Crippen LogP contribution is 2.43. The van der Waals surface area contributed by atoms with Crippen LogP contribution in [0, 0.1) is 0 Å². The van der Waals surface area contributed by atoms with Crippen LogP contribution in [0.4, 0.5) is 31.1 Å². The summed E-state index contributed by atoms with van der Waals surface area (Å²) in [6.07, 6.45) is -9.34. The van der Waals surface area contributed by atoms with Gasteiger partial charge in [0.1, 0.15) is 11.9 Å². The van der Waals surface area contributed by atoms with Crippen molar-refractivity contribution in [1.82, 2.24) is 10.2 Å². The van der Waals surface area contributed by atoms with Crippen LogP contribution < -0.4 is 10.1 Å². The zero-order valence-electron chi connectivity index (χ0n) is 23.6. The normalized spacial score (nSPS) is 19.8. The fraction of sp³-hybridized carbons (Fsp3) is 0.467. The van der Waals surface area contributed by atoms with E-state index >= 15 is 0 Å². The summed E-state index contributed by atoms with van der Waals surface area (Å²) < 4.78 is 91.7. The number of rotatable bonds is 7. The van der Waals surface area contributed by atoms with Crippen molar-refractivity contribution in [2.24, 2.45) is 0 Å². The molecule has 2 aromatic rings. The van der Waals surface area contributed by atoms with Crippen LogP contribution in [0.1, 0.15) is 85.2 Å². The van der Waals surface area contributed by atoms with Gasteiger partial charge in [-0.2, -0.15) is 26.3 Å². The molecule has 2 aromatic carbocycles. The number of halogens is 6. The monoisotopic (exact) mass is 598 g/mol. The summed E-state index contributed by atoms with van der Waals surface area (Å²) in [5.74, 6) is 0.273. The maximum atomic E-state index is 13.5. The Balaban J connectivity index is 1.69. The van der Waals surface area contributed by atoms with Crippen LogP contribution in [0.15, 0.2) is 42.0 Å². The highest BCUT2D eigenvalue weighted by atomic mass is 19.4. The average molecular weight is 599 g/mol. The van der Waals surface area contributed by atoms with E-state index in [4.69, 9.17) is 9.47 Å². The molecule has 42 heavy (non-hydrogen) atoms. The lowest BCUT2D eigenvalue weighted by molar-refractivity contribution is -0.143. The van der Waals surface area contributed by atoms with Gasteiger partial charge in [0.15, 0.2) is 0 Å². The largest absolute Gasteiger partial charge is 0.496 e. The van der Waals surface area contributed by atoms with Gasteiger partial charge in [-0.15, -0.1) is 0 Å². The second-order valence-corrected chi connectivity index (χ2v) is 10.8. The van der Waals surface area contributed by atoms with E-state index in [1.54, 1.807) is 18.2 Å². The number of carbonyl (C=O) groups is 2. The summed E-state index contributed by atoms with van der Waals surface area (Å²) in [5, 5.41) is 2.85. The number of carbonyl (C=O) groups excluding carboxylic acids is 2. The Morgan fingerprint density at radius 3 is 2.21 bits per heavy atom. The first-order valence-corrected chi connectivity index (χ1v) is 13.6. The molecule has 0 aromatic heterocycles. The van der Waals surface area contributed by atoms with Gasteiger partial charge in [0.05, 0.1) is 24.3 Å². The van der Waals surface area contributed by atoms with Crippen LogP contribution in [0.3, 0.4) is 0 Å². The Labute approximate surface area is 239 Å². The predicted molar refractivity (Wildman–Crippen MR) is 143 cm³/mol. The van der Waals surface area contributed by atoms with Crippen molar-refractivity contribution in [3.05, 3.63) is 69.8 Å². The van der Waals surface area contributed by atoms with E-state index in [1.165, 1.54) is 18.9 Å². The lowest BCUT2D eigenvalue weighted by Crippen LogP contribution is -2.34. The lowest BCUT2D eigenvalue weighted by Gasteiger charge is -2.28. The summed E-state index contributed by atoms with van der Waals surface area (Å²) in [4.78, 5) is 27.0. The maximum absolute atomic E-state index is 13.5. The number of nitrogens with one attached hydrogen (secondary N) is 1. The summed E-state index contributed by atoms with van der Waals surface area (Å²) in [6, 6.07) is 5.37. The van der Waals surface area contributed by atoms with Gasteiger partial charge >= 0.3 is 18.4 Å². The van der Waals surface area contributed by atoms with Crippen molar-refractivity contribution in [3.8, 4) is 5.75 Å². The molecule has 1 saturated heterocycles. The molecule has 2 atom stereocenters. The quantitative estimate of drug-likeness (QED) is 0.331. The van der Waals surface area contributed by atoms with E-state index in [2.05, 4.69) is 5.32 Å². The molecule has 2 aliphatic rings. The van der Waals surface area contributed by atoms with Gasteiger partial charge in [-0.3, -0.25) is 9.69 Å². The Morgan fingerprint density at radius 2 is 1.64 bits per heavy atom. The molecule has 1 aliphatic heterocycles. The number of alkyl halides is 6. The standard InChI is InChI=1S/C30H32F6N2O4/c1-16(2)37-27(39)18-9-10-25(41-4)24(13-18)23-8-6-5-7-19(23)15-38-17(3)26(42-28(38)40)20-11-21(29(31,32)33)14-22(12-20)30(34,35)36/h9-14,16-17,26H,5-8,15H2,1-4H3,(H,37,39). The summed E-state index contributed by atoms with van der Waals surface area (Å²) in [5.41, 5.74) is -0.489. The molecule has 1 aliphatic carbocycles. The maximum Gasteiger partial charge on any atom is 0.416 e. The molecule has 0 bridgehead atoms. The van der Waals surface area contributed by atoms with Crippen LogP contribution in [0.25, 0.3) is 5.57 Å². The number of hydrogen-bond donors (Lipinski definition) is 1. The van der Waals surface area contributed by atoms with Crippen molar-refractivity contribution in [3.63, 3.8) is 0 Å². The first-order valence-electron chi connectivity index (χ1n) is 13.6. The highest BCUT2D eigenvalue weighted by Gasteiger charge is 2.43. The van der Waals surface area contributed by atoms with Crippen molar-refractivity contribution in [1.29, 1.82) is 0 Å². The number of amides is 2. The van der Waals surface area contributed by atoms with Gasteiger partial charge in [-0.25, -0.2) is 4.79 Å². The van der Waals surface area contributed by atoms with Crippen molar-refractivity contribution in [2.75, 3.05) is 13.7 Å². The summed E-state index contributed by atoms with van der Waals surface area (Å²) in [6.45, 7) is 5.28. The number of allylic oxidation sites excluding steroid dienone is 1. The molecular weight excluding hydrogens is 566 g/mol. The van der Waals surface area contributed by atoms with Gasteiger partial charge in [-0.1, -0.05) is 0 Å². The topological polar surface area (TPSA) is 67.9 Å². The smallest absolute Gasteiger partial charge is 0.416 e. The number of methoxy groups -OCH3 is 1. The minimum absolute atomic E-state index is 0.0464. The third kappa shape index (κ3) is 6.68. The molecule has 2 unspecified atom stereocenters. The van der Waals surface area contributed by atoms with Gasteiger partial charge < -0.3 is 14.8 Å². The van der Waals surface area contributed by atoms with Crippen molar-refractivity contribution < 1.29 is 45.4 Å². The summed E-state index contributed by atoms with van der Waals surface area (Å²) in [7, 11) is 1.50. The molecule has 228 valence electrons. The zero-order valence-corrected chi connectivity index (χ0v) is 23.6. The molecule has 1 N–H and O–H groups in total. The number of cyclic esters (lactones) is 1. The van der Waals surface area contributed by atoms with Crippen LogP contribution in [0.5, 0.6) is 5.75 Å². The molecule has 4 rings (SSSR count). The second-order valence-electron chi connectivity index (χ2n) is 10.8. The molecule has 12 heteroatoms. The molecule has 0 spiro atoms. The molecule has 1 heterocycles. The molecule has 6 nitrogen and oxygen atoms in total. The predicted octanol–water partition coefficient (Wildman–Crippen LogP) is 7.78. The van der Waals surface area contributed by atoms with Crippen LogP contribution in [-0.4, -0.2) is 42.6 Å². The molecule has 2 amide bonds. The van der Waals surface area contributed by atoms with E-state index in [0.717, 1.165) is 24.0 Å². The second kappa shape index (κ2) is 11.9. The number of ether oxygens (including phenoxy) is 2. The zero-order chi connectivity index (χ0) is 31.0. The summed E-state index contributed by atoms with van der Waals surface area (Å²) >= 11 is 0. The number of nitrogens with zero attached hydrogens (tertiary/aromatic N) is 1. The van der Waals surface area contributed by atoms with E-state index in [0.29, 0.717) is 41.9 Å². The van der Waals surface area contributed by atoms with Gasteiger partial charge in [0.25, 0.3) is 5.91 Å². The average Bonchev–Trinajstić information content (AvgIpc) is 3.20. The fourth-order valence-corrected chi connectivity index (χ4v) is 5.41. The van der Waals surface area contributed by atoms with E-state index in [9.17, 15) is 35.9 Å². The van der Waals surface area contributed by atoms with Crippen LogP contribution in [-0.2, 0) is 17.1 Å². The van der Waals surface area contributed by atoms with Crippen molar-refractivity contribution >= 4 is 17.6 Å². The molecule has 1 fully saturated rings. The molecular formula is C30H32F6N2O4. The Bertz CT molecular complexity index is 1350. The SMILES string of the molecule is COc1ccc(C(=O)NC(C)C)cc1C1=C(CN2C(=O)OC(c3cc(C(F)(F)F)cc(C(F)(F)F)c3)C2C)CCCC1. The third-order valence-corrected chi connectivity index (χ3v) is 7.48. The first kappa shape index (κ1) is 31.2. The number of benzene rings is 2. The van der Waals surface area contributed by atoms with Gasteiger partial charge in [0, 0.05) is 23.7 Å². The van der Waals surface area contributed by atoms with Gasteiger partial charge in [0.2, 0.25) is 0 Å². The first-order chi connectivity index (χ1) is 19.6. The van der Waals surface area contributed by atoms with E-state index in [1.807, 2.05) is 13.8 Å².